The average molecular weight is 329 g/mol. The molecule has 1 aliphatic heterocycles. The molecule has 0 radical (unpaired) electrons. The summed E-state index contributed by atoms with van der Waals surface area (Å²) in [6.45, 7) is 3.12. The third kappa shape index (κ3) is 2.13. The Morgan fingerprint density at radius 2 is 1.96 bits per heavy atom. The van der Waals surface area contributed by atoms with Gasteiger partial charge in [0.1, 0.15) is 11.5 Å². The number of nitrogens with zero attached hydrogens (tertiary/aromatic N) is 1. The highest BCUT2D eigenvalue weighted by molar-refractivity contribution is 6.30. The Kier molecular flexibility index (Phi) is 3.16. The van der Waals surface area contributed by atoms with E-state index in [0.29, 0.717) is 23.8 Å². The summed E-state index contributed by atoms with van der Waals surface area (Å²) in [4.78, 5) is 12.2. The molecule has 4 rings (SSSR count). The monoisotopic (exact) mass is 328 g/mol. The SMILES string of the molecule is Cc1c2n(c3c(-c4ccc(Cl)cc4)cc(F)cc13)CCNC2=O. The highest BCUT2D eigenvalue weighted by atomic mass is 35.5. The molecular weight excluding hydrogens is 315 g/mol. The molecule has 116 valence electrons. The molecule has 0 atom stereocenters. The maximum absolute atomic E-state index is 14.2. The molecular formula is C18H14ClFN2O. The molecule has 0 aliphatic carbocycles. The molecule has 0 saturated heterocycles. The standard InChI is InChI=1S/C18H14ClFN2O/c1-10-14-8-13(20)9-15(11-2-4-12(19)5-3-11)17(14)22-7-6-21-18(23)16(10)22/h2-5,8-9H,6-7H2,1H3,(H,21,23). The molecule has 1 amide bonds. The van der Waals surface area contributed by atoms with Gasteiger partial charge in [-0.25, -0.2) is 4.39 Å². The number of aryl methyl sites for hydroxylation is 1. The third-order valence-electron chi connectivity index (χ3n) is 4.37. The van der Waals surface area contributed by atoms with Crippen molar-refractivity contribution in [2.45, 2.75) is 13.5 Å². The first-order valence-electron chi connectivity index (χ1n) is 7.43. The second-order valence-corrected chi connectivity index (χ2v) is 6.17. The minimum absolute atomic E-state index is 0.104. The van der Waals surface area contributed by atoms with Gasteiger partial charge in [-0.05, 0) is 42.3 Å². The summed E-state index contributed by atoms with van der Waals surface area (Å²) in [7, 11) is 0. The Morgan fingerprint density at radius 3 is 2.70 bits per heavy atom. The molecule has 3 nitrogen and oxygen atoms in total. The summed E-state index contributed by atoms with van der Waals surface area (Å²) in [6, 6.07) is 10.3. The van der Waals surface area contributed by atoms with Crippen molar-refractivity contribution in [3.63, 3.8) is 0 Å². The number of carbonyl (C=O) groups is 1. The van der Waals surface area contributed by atoms with Gasteiger partial charge in [-0.15, -0.1) is 0 Å². The van der Waals surface area contributed by atoms with Gasteiger partial charge in [0, 0.05) is 29.1 Å². The molecule has 3 aromatic rings. The summed E-state index contributed by atoms with van der Waals surface area (Å²) in [5, 5.41) is 4.26. The van der Waals surface area contributed by atoms with Crippen LogP contribution in [0.3, 0.4) is 0 Å². The summed E-state index contributed by atoms with van der Waals surface area (Å²) in [5.74, 6) is -0.415. The number of rotatable bonds is 1. The maximum atomic E-state index is 14.2. The number of aromatic nitrogens is 1. The zero-order chi connectivity index (χ0) is 16.1. The first kappa shape index (κ1) is 14.3. The predicted molar refractivity (Wildman–Crippen MR) is 89.4 cm³/mol. The van der Waals surface area contributed by atoms with Gasteiger partial charge in [-0.3, -0.25) is 4.79 Å². The van der Waals surface area contributed by atoms with Gasteiger partial charge >= 0.3 is 0 Å². The van der Waals surface area contributed by atoms with Crippen LogP contribution < -0.4 is 5.32 Å². The van der Waals surface area contributed by atoms with Crippen molar-refractivity contribution in [3.05, 3.63) is 58.5 Å². The number of halogens is 2. The fourth-order valence-electron chi connectivity index (χ4n) is 3.35. The highest BCUT2D eigenvalue weighted by Gasteiger charge is 2.25. The lowest BCUT2D eigenvalue weighted by Crippen LogP contribution is -2.35. The Morgan fingerprint density at radius 1 is 1.22 bits per heavy atom. The number of hydrogen-bond acceptors (Lipinski definition) is 1. The number of benzene rings is 2. The molecule has 0 unspecified atom stereocenters. The number of hydrogen-bond donors (Lipinski definition) is 1. The second-order valence-electron chi connectivity index (χ2n) is 5.74. The maximum Gasteiger partial charge on any atom is 0.268 e. The van der Waals surface area contributed by atoms with E-state index in [1.165, 1.54) is 12.1 Å². The lowest BCUT2D eigenvalue weighted by Gasteiger charge is -2.18. The van der Waals surface area contributed by atoms with Gasteiger partial charge < -0.3 is 9.88 Å². The molecule has 23 heavy (non-hydrogen) atoms. The van der Waals surface area contributed by atoms with E-state index >= 15 is 0 Å². The van der Waals surface area contributed by atoms with Crippen LogP contribution in [0.25, 0.3) is 22.0 Å². The molecule has 1 aromatic heterocycles. The molecule has 1 aliphatic rings. The molecule has 2 aromatic carbocycles. The Balaban J connectivity index is 2.10. The van der Waals surface area contributed by atoms with Crippen LogP contribution in [0.15, 0.2) is 36.4 Å². The predicted octanol–water partition coefficient (Wildman–Crippen LogP) is 4.15. The van der Waals surface area contributed by atoms with E-state index in [0.717, 1.165) is 27.6 Å². The van der Waals surface area contributed by atoms with Crippen molar-refractivity contribution in [1.29, 1.82) is 0 Å². The number of fused-ring (bicyclic) bond motifs is 3. The first-order valence-corrected chi connectivity index (χ1v) is 7.80. The zero-order valence-corrected chi connectivity index (χ0v) is 13.2. The van der Waals surface area contributed by atoms with Crippen LogP contribution in [-0.2, 0) is 6.54 Å². The second kappa shape index (κ2) is 5.10. The zero-order valence-electron chi connectivity index (χ0n) is 12.5. The minimum atomic E-state index is -0.311. The van der Waals surface area contributed by atoms with Crippen LogP contribution in [0.1, 0.15) is 16.1 Å². The van der Waals surface area contributed by atoms with Gasteiger partial charge in [0.2, 0.25) is 0 Å². The normalized spacial score (nSPS) is 14.0. The van der Waals surface area contributed by atoms with E-state index < -0.39 is 0 Å². The first-order chi connectivity index (χ1) is 11.1. The van der Waals surface area contributed by atoms with Crippen LogP contribution in [0, 0.1) is 12.7 Å². The summed E-state index contributed by atoms with van der Waals surface area (Å²) < 4.78 is 16.2. The van der Waals surface area contributed by atoms with Crippen LogP contribution in [0.4, 0.5) is 4.39 Å². The van der Waals surface area contributed by atoms with E-state index in [1.54, 1.807) is 12.1 Å². The third-order valence-corrected chi connectivity index (χ3v) is 4.62. The van der Waals surface area contributed by atoms with Gasteiger partial charge in [0.05, 0.1) is 5.52 Å². The topological polar surface area (TPSA) is 34.0 Å². The van der Waals surface area contributed by atoms with Crippen LogP contribution in [0.5, 0.6) is 0 Å². The molecule has 1 N–H and O–H groups in total. The Hall–Kier alpha value is -2.33. The largest absolute Gasteiger partial charge is 0.349 e. The molecule has 0 saturated carbocycles. The average Bonchev–Trinajstić information content (AvgIpc) is 2.82. The van der Waals surface area contributed by atoms with E-state index in [-0.39, 0.29) is 11.7 Å². The summed E-state index contributed by atoms with van der Waals surface area (Å²) in [6.07, 6.45) is 0. The van der Waals surface area contributed by atoms with Crippen LogP contribution in [0.2, 0.25) is 5.02 Å². The Bertz CT molecular complexity index is 944. The number of amides is 1. The van der Waals surface area contributed by atoms with Crippen molar-refractivity contribution in [3.8, 4) is 11.1 Å². The quantitative estimate of drug-likeness (QED) is 0.715. The molecule has 2 heterocycles. The molecule has 5 heteroatoms. The molecule has 0 fully saturated rings. The summed E-state index contributed by atoms with van der Waals surface area (Å²) in [5.41, 5.74) is 3.99. The van der Waals surface area contributed by atoms with Gasteiger partial charge in [0.25, 0.3) is 5.91 Å². The molecule has 0 bridgehead atoms. The van der Waals surface area contributed by atoms with Crippen LogP contribution in [-0.4, -0.2) is 17.0 Å². The Labute approximate surface area is 137 Å². The van der Waals surface area contributed by atoms with Crippen molar-refractivity contribution in [1.82, 2.24) is 9.88 Å². The molecule has 0 spiro atoms. The van der Waals surface area contributed by atoms with Gasteiger partial charge in [-0.2, -0.15) is 0 Å². The van der Waals surface area contributed by atoms with E-state index in [2.05, 4.69) is 5.32 Å². The number of nitrogens with one attached hydrogen (secondary N) is 1. The van der Waals surface area contributed by atoms with Crippen molar-refractivity contribution >= 4 is 28.4 Å². The van der Waals surface area contributed by atoms with Gasteiger partial charge in [-0.1, -0.05) is 23.7 Å². The minimum Gasteiger partial charge on any atom is -0.349 e. The van der Waals surface area contributed by atoms with Gasteiger partial charge in [0.15, 0.2) is 0 Å². The lowest BCUT2D eigenvalue weighted by molar-refractivity contribution is 0.0928. The van der Waals surface area contributed by atoms with E-state index in [4.69, 9.17) is 11.6 Å². The number of carbonyl (C=O) groups excluding carboxylic acids is 1. The summed E-state index contributed by atoms with van der Waals surface area (Å²) >= 11 is 5.96. The van der Waals surface area contributed by atoms with Crippen molar-refractivity contribution in [2.75, 3.05) is 6.54 Å². The lowest BCUT2D eigenvalue weighted by atomic mass is 10.0. The van der Waals surface area contributed by atoms with Crippen molar-refractivity contribution < 1.29 is 9.18 Å². The van der Waals surface area contributed by atoms with Crippen molar-refractivity contribution in [2.24, 2.45) is 0 Å². The smallest absolute Gasteiger partial charge is 0.268 e. The van der Waals surface area contributed by atoms with Crippen LogP contribution >= 0.6 is 11.6 Å². The highest BCUT2D eigenvalue weighted by Crippen LogP contribution is 2.36. The fourth-order valence-corrected chi connectivity index (χ4v) is 3.47. The van der Waals surface area contributed by atoms with E-state index in [9.17, 15) is 9.18 Å². The fraction of sp³-hybridized carbons (Fsp3) is 0.167. The van der Waals surface area contributed by atoms with E-state index in [1.807, 2.05) is 23.6 Å².